The normalized spacial score (nSPS) is 10.8. The molecule has 0 aliphatic heterocycles. The molecule has 3 aromatic rings. The van der Waals surface area contributed by atoms with E-state index in [2.05, 4.69) is 31.8 Å². The molecule has 6 heteroatoms. The maximum atomic E-state index is 4.44. The number of nitrogens with one attached hydrogen (secondary N) is 1. The lowest BCUT2D eigenvalue weighted by Crippen LogP contribution is -2.15. The van der Waals surface area contributed by atoms with Crippen LogP contribution in [-0.2, 0) is 13.1 Å². The van der Waals surface area contributed by atoms with Crippen molar-refractivity contribution in [2.24, 2.45) is 0 Å². The minimum atomic E-state index is 0.736. The Morgan fingerprint density at radius 2 is 2.20 bits per heavy atom. The molecule has 5 nitrogen and oxygen atoms in total. The molecule has 0 unspecified atom stereocenters. The van der Waals surface area contributed by atoms with Gasteiger partial charge in [-0.3, -0.25) is 0 Å². The fourth-order valence-corrected chi connectivity index (χ4v) is 2.60. The molecular formula is C14H15N5S. The Kier molecular flexibility index (Phi) is 3.85. The van der Waals surface area contributed by atoms with E-state index in [9.17, 15) is 0 Å². The summed E-state index contributed by atoms with van der Waals surface area (Å²) in [6.45, 7) is 3.52. The molecular weight excluding hydrogens is 270 g/mol. The van der Waals surface area contributed by atoms with Crippen LogP contribution in [0.5, 0.6) is 0 Å². The van der Waals surface area contributed by atoms with Crippen LogP contribution in [0, 0.1) is 6.92 Å². The van der Waals surface area contributed by atoms with E-state index in [4.69, 9.17) is 0 Å². The van der Waals surface area contributed by atoms with Crippen LogP contribution in [-0.4, -0.2) is 19.7 Å². The lowest BCUT2D eigenvalue weighted by Gasteiger charge is -2.08. The van der Waals surface area contributed by atoms with Crippen molar-refractivity contribution >= 4 is 11.3 Å². The van der Waals surface area contributed by atoms with Crippen molar-refractivity contribution in [2.75, 3.05) is 0 Å². The van der Waals surface area contributed by atoms with E-state index < -0.39 is 0 Å². The number of aromatic nitrogens is 4. The lowest BCUT2D eigenvalue weighted by atomic mass is 10.2. The Balaban J connectivity index is 1.68. The third-order valence-corrected chi connectivity index (χ3v) is 3.70. The van der Waals surface area contributed by atoms with Gasteiger partial charge in [0.2, 0.25) is 0 Å². The Labute approximate surface area is 121 Å². The van der Waals surface area contributed by atoms with Crippen molar-refractivity contribution in [3.63, 3.8) is 0 Å². The Bertz CT molecular complexity index is 674. The molecule has 0 fully saturated rings. The van der Waals surface area contributed by atoms with Crippen LogP contribution < -0.4 is 5.32 Å². The number of pyridine rings is 1. The summed E-state index contributed by atoms with van der Waals surface area (Å²) in [5.41, 5.74) is 2.19. The van der Waals surface area contributed by atoms with Gasteiger partial charge < -0.3 is 5.32 Å². The molecule has 0 aliphatic carbocycles. The first-order valence-corrected chi connectivity index (χ1v) is 7.26. The standard InChI is InChI=1S/C14H15N5S/c1-11-18-13(10-20-11)9-15-8-12-4-2-5-16-14(12)19-7-3-6-17-19/h2-7,10,15H,8-9H2,1H3. The second-order valence-electron chi connectivity index (χ2n) is 4.40. The third kappa shape index (κ3) is 2.92. The minimum Gasteiger partial charge on any atom is -0.307 e. The van der Waals surface area contributed by atoms with Crippen LogP contribution in [0.4, 0.5) is 0 Å². The highest BCUT2D eigenvalue weighted by Gasteiger charge is 2.06. The molecule has 0 aromatic carbocycles. The topological polar surface area (TPSA) is 55.6 Å². The van der Waals surface area contributed by atoms with Crippen molar-refractivity contribution < 1.29 is 0 Å². The molecule has 0 aliphatic rings. The molecule has 0 amide bonds. The van der Waals surface area contributed by atoms with Gasteiger partial charge in [0.05, 0.1) is 10.7 Å². The fraction of sp³-hybridized carbons (Fsp3) is 0.214. The molecule has 0 saturated heterocycles. The molecule has 0 saturated carbocycles. The number of nitrogens with zero attached hydrogens (tertiary/aromatic N) is 4. The average molecular weight is 285 g/mol. The SMILES string of the molecule is Cc1nc(CNCc2cccnc2-n2cccn2)cs1. The van der Waals surface area contributed by atoms with Crippen LogP contribution >= 0.6 is 11.3 Å². The quantitative estimate of drug-likeness (QED) is 0.781. The van der Waals surface area contributed by atoms with Gasteiger partial charge in [-0.1, -0.05) is 6.07 Å². The van der Waals surface area contributed by atoms with Crippen LogP contribution in [0.25, 0.3) is 5.82 Å². The van der Waals surface area contributed by atoms with Gasteiger partial charge in [-0.05, 0) is 19.1 Å². The predicted octanol–water partition coefficient (Wildman–Crippen LogP) is 2.32. The van der Waals surface area contributed by atoms with E-state index in [1.54, 1.807) is 28.4 Å². The Morgan fingerprint density at radius 1 is 1.25 bits per heavy atom. The second kappa shape index (κ2) is 5.94. The third-order valence-electron chi connectivity index (χ3n) is 2.88. The minimum absolute atomic E-state index is 0.736. The van der Waals surface area contributed by atoms with Crippen LogP contribution in [0.2, 0.25) is 0 Å². The van der Waals surface area contributed by atoms with Crippen LogP contribution in [0.3, 0.4) is 0 Å². The molecule has 3 aromatic heterocycles. The first-order valence-electron chi connectivity index (χ1n) is 6.38. The van der Waals surface area contributed by atoms with Crippen molar-refractivity contribution in [3.05, 3.63) is 58.4 Å². The van der Waals surface area contributed by atoms with Crippen LogP contribution in [0.1, 0.15) is 16.3 Å². The summed E-state index contributed by atoms with van der Waals surface area (Å²) in [5.74, 6) is 0.861. The summed E-state index contributed by atoms with van der Waals surface area (Å²) in [7, 11) is 0. The lowest BCUT2D eigenvalue weighted by molar-refractivity contribution is 0.671. The zero-order chi connectivity index (χ0) is 13.8. The van der Waals surface area contributed by atoms with Crippen molar-refractivity contribution in [1.29, 1.82) is 0 Å². The van der Waals surface area contributed by atoms with E-state index in [0.29, 0.717) is 0 Å². The average Bonchev–Trinajstić information content (AvgIpc) is 3.11. The van der Waals surface area contributed by atoms with Gasteiger partial charge in [-0.2, -0.15) is 5.10 Å². The van der Waals surface area contributed by atoms with E-state index >= 15 is 0 Å². The number of rotatable bonds is 5. The Hall–Kier alpha value is -2.05. The first-order chi connectivity index (χ1) is 9.83. The van der Waals surface area contributed by atoms with Gasteiger partial charge in [-0.25, -0.2) is 14.6 Å². The van der Waals surface area contributed by atoms with Crippen molar-refractivity contribution in [2.45, 2.75) is 20.0 Å². The largest absolute Gasteiger partial charge is 0.307 e. The summed E-state index contributed by atoms with van der Waals surface area (Å²) in [6.07, 6.45) is 5.43. The first kappa shape index (κ1) is 13.0. The van der Waals surface area contributed by atoms with E-state index in [1.165, 1.54) is 0 Å². The van der Waals surface area contributed by atoms with Gasteiger partial charge in [0, 0.05) is 42.6 Å². The molecule has 1 N–H and O–H groups in total. The number of hydrogen-bond acceptors (Lipinski definition) is 5. The van der Waals surface area contributed by atoms with Crippen LogP contribution in [0.15, 0.2) is 42.2 Å². The summed E-state index contributed by atoms with van der Waals surface area (Å²) in [6, 6.07) is 5.89. The maximum absolute atomic E-state index is 4.44. The summed E-state index contributed by atoms with van der Waals surface area (Å²) >= 11 is 1.67. The zero-order valence-corrected chi connectivity index (χ0v) is 12.0. The summed E-state index contributed by atoms with van der Waals surface area (Å²) < 4.78 is 1.78. The van der Waals surface area contributed by atoms with Gasteiger partial charge in [-0.15, -0.1) is 11.3 Å². The highest BCUT2D eigenvalue weighted by molar-refractivity contribution is 7.09. The van der Waals surface area contributed by atoms with Crippen molar-refractivity contribution in [1.82, 2.24) is 25.1 Å². The Morgan fingerprint density at radius 3 is 2.95 bits per heavy atom. The van der Waals surface area contributed by atoms with E-state index in [1.807, 2.05) is 25.3 Å². The van der Waals surface area contributed by atoms with Gasteiger partial charge >= 0.3 is 0 Å². The monoisotopic (exact) mass is 285 g/mol. The van der Waals surface area contributed by atoms with Gasteiger partial charge in [0.25, 0.3) is 0 Å². The highest BCUT2D eigenvalue weighted by Crippen LogP contribution is 2.11. The molecule has 0 radical (unpaired) electrons. The van der Waals surface area contributed by atoms with Gasteiger partial charge in [0.15, 0.2) is 5.82 Å². The maximum Gasteiger partial charge on any atom is 0.157 e. The second-order valence-corrected chi connectivity index (χ2v) is 5.46. The highest BCUT2D eigenvalue weighted by atomic mass is 32.1. The van der Waals surface area contributed by atoms with Gasteiger partial charge in [0.1, 0.15) is 0 Å². The molecule has 0 bridgehead atoms. The number of thiazole rings is 1. The zero-order valence-electron chi connectivity index (χ0n) is 11.2. The van der Waals surface area contributed by atoms with E-state index in [-0.39, 0.29) is 0 Å². The smallest absolute Gasteiger partial charge is 0.157 e. The molecule has 0 spiro atoms. The molecule has 3 heterocycles. The number of aryl methyl sites for hydroxylation is 1. The summed E-state index contributed by atoms with van der Waals surface area (Å²) in [5, 5.41) is 10.8. The number of hydrogen-bond donors (Lipinski definition) is 1. The van der Waals surface area contributed by atoms with E-state index in [0.717, 1.165) is 35.2 Å². The fourth-order valence-electron chi connectivity index (χ4n) is 1.98. The molecule has 20 heavy (non-hydrogen) atoms. The molecule has 3 rings (SSSR count). The molecule has 102 valence electrons. The summed E-state index contributed by atoms with van der Waals surface area (Å²) in [4.78, 5) is 8.83. The van der Waals surface area contributed by atoms with Crippen molar-refractivity contribution in [3.8, 4) is 5.82 Å². The predicted molar refractivity (Wildman–Crippen MR) is 78.8 cm³/mol. The molecule has 0 atom stereocenters.